The number of nitrogens with zero attached hydrogens (tertiary/aromatic N) is 4. The van der Waals surface area contributed by atoms with Crippen molar-refractivity contribution in [2.75, 3.05) is 14.1 Å². The number of hydrogen-bond donors (Lipinski definition) is 0. The Morgan fingerprint density at radius 3 is 2.46 bits per heavy atom. The summed E-state index contributed by atoms with van der Waals surface area (Å²) in [6.07, 6.45) is 0. The Morgan fingerprint density at radius 2 is 1.79 bits per heavy atom. The summed E-state index contributed by atoms with van der Waals surface area (Å²) in [6, 6.07) is 19.3. The van der Waals surface area contributed by atoms with Gasteiger partial charge in [0, 0.05) is 10.9 Å². The Labute approximate surface area is 167 Å². The minimum atomic E-state index is 0.534. The van der Waals surface area contributed by atoms with Gasteiger partial charge in [-0.15, -0.1) is 11.3 Å². The lowest BCUT2D eigenvalue weighted by atomic mass is 10.1. The number of benzene rings is 2. The Hall–Kier alpha value is -3.27. The number of fused-ring (bicyclic) bond motifs is 1. The van der Waals surface area contributed by atoms with Gasteiger partial charge in [0.15, 0.2) is 0 Å². The van der Waals surface area contributed by atoms with Crippen LogP contribution in [-0.2, 0) is 6.54 Å². The molecule has 28 heavy (non-hydrogen) atoms. The SMILES string of the molecule is CN(C)Cc1nc(Oc2ccc(C#N)cc2)c2c(-c3ccccc3)csc2n1. The highest BCUT2D eigenvalue weighted by atomic mass is 32.1. The van der Waals surface area contributed by atoms with Crippen molar-refractivity contribution in [2.24, 2.45) is 0 Å². The van der Waals surface area contributed by atoms with Crippen molar-refractivity contribution >= 4 is 21.6 Å². The lowest BCUT2D eigenvalue weighted by Gasteiger charge is -2.12. The molecule has 2 aromatic heterocycles. The largest absolute Gasteiger partial charge is 0.438 e. The van der Waals surface area contributed by atoms with Crippen molar-refractivity contribution in [1.29, 1.82) is 5.26 Å². The third kappa shape index (κ3) is 3.72. The number of ether oxygens (including phenoxy) is 1. The molecule has 0 atom stereocenters. The molecule has 0 saturated carbocycles. The van der Waals surface area contributed by atoms with E-state index < -0.39 is 0 Å². The number of aromatic nitrogens is 2. The normalized spacial score (nSPS) is 10.9. The second kappa shape index (κ2) is 7.77. The fraction of sp³-hybridized carbons (Fsp3) is 0.136. The van der Waals surface area contributed by atoms with E-state index in [1.54, 1.807) is 35.6 Å². The van der Waals surface area contributed by atoms with Crippen LogP contribution in [0.25, 0.3) is 21.3 Å². The predicted octanol–water partition coefficient (Wildman–Crippen LogP) is 5.08. The minimum Gasteiger partial charge on any atom is -0.438 e. The van der Waals surface area contributed by atoms with Gasteiger partial charge < -0.3 is 9.64 Å². The van der Waals surface area contributed by atoms with E-state index in [1.807, 2.05) is 37.2 Å². The summed E-state index contributed by atoms with van der Waals surface area (Å²) in [4.78, 5) is 12.4. The van der Waals surface area contributed by atoms with Crippen molar-refractivity contribution in [3.05, 3.63) is 71.4 Å². The Bertz CT molecular complexity index is 1150. The lowest BCUT2D eigenvalue weighted by Crippen LogP contribution is -2.13. The molecule has 0 N–H and O–H groups in total. The fourth-order valence-corrected chi connectivity index (χ4v) is 3.88. The quantitative estimate of drug-likeness (QED) is 0.478. The van der Waals surface area contributed by atoms with E-state index >= 15 is 0 Å². The molecule has 0 bridgehead atoms. The predicted molar refractivity (Wildman–Crippen MR) is 111 cm³/mol. The zero-order valence-electron chi connectivity index (χ0n) is 15.6. The van der Waals surface area contributed by atoms with Gasteiger partial charge in [-0.3, -0.25) is 0 Å². The average molecular weight is 386 g/mol. The van der Waals surface area contributed by atoms with Crippen LogP contribution in [0.3, 0.4) is 0 Å². The zero-order valence-corrected chi connectivity index (χ0v) is 16.4. The summed E-state index contributed by atoms with van der Waals surface area (Å²) < 4.78 is 6.16. The maximum Gasteiger partial charge on any atom is 0.232 e. The Balaban J connectivity index is 1.84. The summed E-state index contributed by atoms with van der Waals surface area (Å²) in [5, 5.41) is 12.0. The molecular weight excluding hydrogens is 368 g/mol. The molecule has 0 spiro atoms. The number of nitriles is 1. The van der Waals surface area contributed by atoms with E-state index in [9.17, 15) is 0 Å². The summed E-state index contributed by atoms with van der Waals surface area (Å²) in [6.45, 7) is 0.623. The standard InChI is InChI=1S/C22H18N4OS/c1-26(2)13-19-24-21(27-17-10-8-15(12-23)9-11-17)20-18(14-28-22(20)25-19)16-6-4-3-5-7-16/h3-11,14H,13H2,1-2H3. The molecule has 4 rings (SSSR count). The van der Waals surface area contributed by atoms with Gasteiger partial charge in [-0.25, -0.2) is 4.98 Å². The van der Waals surface area contributed by atoms with Crippen LogP contribution in [0.5, 0.6) is 11.6 Å². The molecule has 0 radical (unpaired) electrons. The van der Waals surface area contributed by atoms with Gasteiger partial charge in [0.2, 0.25) is 5.88 Å². The van der Waals surface area contributed by atoms with Crippen LogP contribution in [0.4, 0.5) is 0 Å². The first-order chi connectivity index (χ1) is 13.6. The van der Waals surface area contributed by atoms with Crippen molar-refractivity contribution < 1.29 is 4.74 Å². The van der Waals surface area contributed by atoms with E-state index in [0.717, 1.165) is 21.3 Å². The minimum absolute atomic E-state index is 0.534. The number of thiophene rings is 1. The van der Waals surface area contributed by atoms with E-state index in [4.69, 9.17) is 20.0 Å². The Morgan fingerprint density at radius 1 is 1.04 bits per heavy atom. The molecule has 6 heteroatoms. The van der Waals surface area contributed by atoms with Crippen LogP contribution in [0.15, 0.2) is 60.0 Å². The summed E-state index contributed by atoms with van der Waals surface area (Å²) in [5.74, 6) is 1.88. The third-order valence-electron chi connectivity index (χ3n) is 4.19. The summed E-state index contributed by atoms with van der Waals surface area (Å²) in [5.41, 5.74) is 2.75. The van der Waals surface area contributed by atoms with Crippen LogP contribution < -0.4 is 4.74 Å². The van der Waals surface area contributed by atoms with Crippen molar-refractivity contribution in [3.8, 4) is 28.8 Å². The van der Waals surface area contributed by atoms with Gasteiger partial charge in [-0.1, -0.05) is 30.3 Å². The highest BCUT2D eigenvalue weighted by molar-refractivity contribution is 7.17. The smallest absolute Gasteiger partial charge is 0.232 e. The van der Waals surface area contributed by atoms with Gasteiger partial charge in [-0.05, 0) is 43.9 Å². The second-order valence-corrected chi connectivity index (χ2v) is 7.47. The van der Waals surface area contributed by atoms with E-state index in [2.05, 4.69) is 23.6 Å². The van der Waals surface area contributed by atoms with Gasteiger partial charge in [0.1, 0.15) is 16.4 Å². The highest BCUT2D eigenvalue weighted by Gasteiger charge is 2.17. The van der Waals surface area contributed by atoms with Crippen LogP contribution in [-0.4, -0.2) is 29.0 Å². The molecule has 138 valence electrons. The molecule has 0 fully saturated rings. The van der Waals surface area contributed by atoms with Gasteiger partial charge in [0.25, 0.3) is 0 Å². The first-order valence-electron chi connectivity index (χ1n) is 8.80. The lowest BCUT2D eigenvalue weighted by molar-refractivity contribution is 0.385. The van der Waals surface area contributed by atoms with Crippen LogP contribution in [0.1, 0.15) is 11.4 Å². The van der Waals surface area contributed by atoms with Crippen LogP contribution in [0.2, 0.25) is 0 Å². The summed E-state index contributed by atoms with van der Waals surface area (Å²) in [7, 11) is 3.97. The van der Waals surface area contributed by atoms with Crippen molar-refractivity contribution in [1.82, 2.24) is 14.9 Å². The molecular formula is C22H18N4OS. The molecule has 0 aliphatic heterocycles. The van der Waals surface area contributed by atoms with Gasteiger partial charge in [-0.2, -0.15) is 10.2 Å². The number of rotatable bonds is 5. The molecule has 2 heterocycles. The van der Waals surface area contributed by atoms with Crippen molar-refractivity contribution in [2.45, 2.75) is 6.54 Å². The molecule has 4 aromatic rings. The molecule has 0 unspecified atom stereocenters. The van der Waals surface area contributed by atoms with E-state index in [1.165, 1.54) is 0 Å². The van der Waals surface area contributed by atoms with Crippen molar-refractivity contribution in [3.63, 3.8) is 0 Å². The van der Waals surface area contributed by atoms with Gasteiger partial charge in [0.05, 0.1) is 23.6 Å². The first-order valence-corrected chi connectivity index (χ1v) is 9.68. The molecule has 0 amide bonds. The zero-order chi connectivity index (χ0) is 19.5. The third-order valence-corrected chi connectivity index (χ3v) is 5.06. The second-order valence-electron chi connectivity index (χ2n) is 6.62. The Kier molecular flexibility index (Phi) is 5.02. The molecule has 0 aliphatic rings. The maximum atomic E-state index is 9.00. The van der Waals surface area contributed by atoms with E-state index in [-0.39, 0.29) is 0 Å². The molecule has 0 aliphatic carbocycles. The first kappa shape index (κ1) is 18.1. The topological polar surface area (TPSA) is 62.0 Å². The molecule has 2 aromatic carbocycles. The van der Waals surface area contributed by atoms with Gasteiger partial charge >= 0.3 is 0 Å². The number of hydrogen-bond acceptors (Lipinski definition) is 6. The van der Waals surface area contributed by atoms with Crippen LogP contribution in [0, 0.1) is 11.3 Å². The summed E-state index contributed by atoms with van der Waals surface area (Å²) >= 11 is 1.59. The maximum absolute atomic E-state index is 9.00. The fourth-order valence-electron chi connectivity index (χ4n) is 2.92. The molecule has 0 saturated heterocycles. The molecule has 5 nitrogen and oxygen atoms in total. The highest BCUT2D eigenvalue weighted by Crippen LogP contribution is 2.39. The van der Waals surface area contributed by atoms with E-state index in [0.29, 0.717) is 29.6 Å². The van der Waals surface area contributed by atoms with Crippen LogP contribution >= 0.6 is 11.3 Å². The average Bonchev–Trinajstić information content (AvgIpc) is 3.13. The monoisotopic (exact) mass is 386 g/mol.